The molecule has 0 aromatic heterocycles. The van der Waals surface area contributed by atoms with Crippen molar-refractivity contribution in [2.24, 2.45) is 5.92 Å². The molecule has 24 heavy (non-hydrogen) atoms. The topological polar surface area (TPSA) is 72.8 Å². The summed E-state index contributed by atoms with van der Waals surface area (Å²) in [5, 5.41) is 11.2. The maximum absolute atomic E-state index is 13.0. The second kappa shape index (κ2) is 5.59. The summed E-state index contributed by atoms with van der Waals surface area (Å²) in [5.74, 6) is -1.20. The second-order valence-electron chi connectivity index (χ2n) is 7.69. The lowest BCUT2D eigenvalue weighted by Gasteiger charge is -2.40. The van der Waals surface area contributed by atoms with Gasteiger partial charge in [-0.2, -0.15) is 0 Å². The zero-order valence-electron chi connectivity index (χ0n) is 14.6. The quantitative estimate of drug-likeness (QED) is 0.666. The summed E-state index contributed by atoms with van der Waals surface area (Å²) in [7, 11) is 1.58. The molecule has 130 valence electrons. The van der Waals surface area contributed by atoms with Crippen LogP contribution in [0.2, 0.25) is 0 Å². The molecule has 0 unspecified atom stereocenters. The molecule has 2 aliphatic carbocycles. The van der Waals surface area contributed by atoms with Crippen molar-refractivity contribution in [3.05, 3.63) is 29.3 Å². The Morgan fingerprint density at radius 1 is 1.29 bits per heavy atom. The lowest BCUT2D eigenvalue weighted by atomic mass is 9.67. The largest absolute Gasteiger partial charge is 0.497 e. The van der Waals surface area contributed by atoms with E-state index in [0.717, 1.165) is 18.4 Å². The first kappa shape index (κ1) is 17.0. The van der Waals surface area contributed by atoms with Crippen LogP contribution >= 0.6 is 0 Å². The molecule has 3 rings (SSSR count). The number of carbonyl (C=O) groups excluding carboxylic acids is 2. The Morgan fingerprint density at radius 2 is 2.00 bits per heavy atom. The first-order valence-corrected chi connectivity index (χ1v) is 8.37. The number of hydrogen-bond donors (Lipinski definition) is 1. The first-order chi connectivity index (χ1) is 11.2. The molecule has 5 nitrogen and oxygen atoms in total. The van der Waals surface area contributed by atoms with Gasteiger partial charge in [-0.3, -0.25) is 4.79 Å². The lowest BCUT2D eigenvalue weighted by molar-refractivity contribution is -0.177. The van der Waals surface area contributed by atoms with Gasteiger partial charge in [0.2, 0.25) is 11.4 Å². The van der Waals surface area contributed by atoms with E-state index in [2.05, 4.69) is 0 Å². The molecule has 0 amide bonds. The maximum Gasteiger partial charge on any atom is 0.347 e. The minimum atomic E-state index is -2.10. The SMILES string of the molecule is COc1ccc2c(c1)[C@H]1CCC[C@H]1[C@@](O)(C(=O)OC(C)(C)C)C2=O. The van der Waals surface area contributed by atoms with E-state index in [0.29, 0.717) is 17.7 Å². The van der Waals surface area contributed by atoms with Gasteiger partial charge in [-0.25, -0.2) is 4.79 Å². The average molecular weight is 332 g/mol. The molecule has 0 bridgehead atoms. The summed E-state index contributed by atoms with van der Waals surface area (Å²) < 4.78 is 10.6. The third kappa shape index (κ3) is 2.51. The lowest BCUT2D eigenvalue weighted by Crippen LogP contribution is -2.58. The molecule has 2 aliphatic rings. The van der Waals surface area contributed by atoms with E-state index in [1.54, 1.807) is 40.0 Å². The van der Waals surface area contributed by atoms with Crippen LogP contribution in [0.15, 0.2) is 18.2 Å². The molecule has 1 aromatic carbocycles. The van der Waals surface area contributed by atoms with Gasteiger partial charge in [-0.1, -0.05) is 6.42 Å². The number of fused-ring (bicyclic) bond motifs is 3. The highest BCUT2D eigenvalue weighted by atomic mass is 16.6. The normalized spacial score (nSPS) is 29.0. The van der Waals surface area contributed by atoms with Crippen molar-refractivity contribution >= 4 is 11.8 Å². The van der Waals surface area contributed by atoms with Gasteiger partial charge < -0.3 is 14.6 Å². The Labute approximate surface area is 142 Å². The zero-order chi connectivity index (χ0) is 17.7. The van der Waals surface area contributed by atoms with Gasteiger partial charge in [0, 0.05) is 11.5 Å². The molecular weight excluding hydrogens is 308 g/mol. The Bertz CT molecular complexity index is 687. The highest BCUT2D eigenvalue weighted by Gasteiger charge is 2.60. The van der Waals surface area contributed by atoms with E-state index in [1.807, 2.05) is 6.07 Å². The number of Topliss-reactive ketones (excluding diaryl/α,β-unsaturated/α-hetero) is 1. The number of esters is 1. The van der Waals surface area contributed by atoms with Crippen molar-refractivity contribution in [1.82, 2.24) is 0 Å². The van der Waals surface area contributed by atoms with E-state index in [4.69, 9.17) is 9.47 Å². The number of ketones is 1. The number of hydrogen-bond acceptors (Lipinski definition) is 5. The fraction of sp³-hybridized carbons (Fsp3) is 0.579. The predicted octanol–water partition coefficient (Wildman–Crippen LogP) is 2.85. The summed E-state index contributed by atoms with van der Waals surface area (Å²) in [4.78, 5) is 25.7. The van der Waals surface area contributed by atoms with Gasteiger partial charge in [0.1, 0.15) is 11.4 Å². The van der Waals surface area contributed by atoms with Crippen molar-refractivity contribution < 1.29 is 24.2 Å². The maximum atomic E-state index is 13.0. The van der Waals surface area contributed by atoms with Gasteiger partial charge in [-0.05, 0) is 63.3 Å². The van der Waals surface area contributed by atoms with Crippen molar-refractivity contribution in [3.8, 4) is 5.75 Å². The number of rotatable bonds is 2. The highest BCUT2D eigenvalue weighted by molar-refractivity contribution is 6.17. The summed E-state index contributed by atoms with van der Waals surface area (Å²) in [6.07, 6.45) is 2.33. The molecule has 3 atom stereocenters. The molecule has 0 aliphatic heterocycles. The van der Waals surface area contributed by atoms with E-state index in [1.165, 1.54) is 0 Å². The smallest absolute Gasteiger partial charge is 0.347 e. The minimum absolute atomic E-state index is 0.0367. The van der Waals surface area contributed by atoms with Gasteiger partial charge in [0.15, 0.2) is 0 Å². The van der Waals surface area contributed by atoms with Gasteiger partial charge in [0.25, 0.3) is 0 Å². The predicted molar refractivity (Wildman–Crippen MR) is 88.2 cm³/mol. The van der Waals surface area contributed by atoms with E-state index in [-0.39, 0.29) is 5.92 Å². The fourth-order valence-corrected chi connectivity index (χ4v) is 3.99. The van der Waals surface area contributed by atoms with Crippen LogP contribution in [0.25, 0.3) is 0 Å². The van der Waals surface area contributed by atoms with Crippen molar-refractivity contribution in [2.75, 3.05) is 7.11 Å². The van der Waals surface area contributed by atoms with Crippen LogP contribution in [-0.4, -0.2) is 35.2 Å². The molecule has 0 saturated heterocycles. The summed E-state index contributed by atoms with van der Waals surface area (Å²) in [5.41, 5.74) is -1.60. The Kier molecular flexibility index (Phi) is 3.95. The fourth-order valence-electron chi connectivity index (χ4n) is 3.99. The van der Waals surface area contributed by atoms with Gasteiger partial charge in [0.05, 0.1) is 7.11 Å². The van der Waals surface area contributed by atoms with Crippen molar-refractivity contribution in [1.29, 1.82) is 0 Å². The van der Waals surface area contributed by atoms with Crippen LogP contribution < -0.4 is 4.74 Å². The molecule has 5 heteroatoms. The van der Waals surface area contributed by atoms with Crippen molar-refractivity contribution in [3.63, 3.8) is 0 Å². The third-order valence-electron chi connectivity index (χ3n) is 5.01. The monoisotopic (exact) mass is 332 g/mol. The number of carbonyl (C=O) groups is 2. The van der Waals surface area contributed by atoms with Crippen molar-refractivity contribution in [2.45, 2.75) is 57.2 Å². The molecule has 0 radical (unpaired) electrons. The van der Waals surface area contributed by atoms with E-state index in [9.17, 15) is 14.7 Å². The molecule has 1 fully saturated rings. The van der Waals surface area contributed by atoms with Gasteiger partial charge in [-0.15, -0.1) is 0 Å². The zero-order valence-corrected chi connectivity index (χ0v) is 14.6. The van der Waals surface area contributed by atoms with Crippen LogP contribution in [0.1, 0.15) is 61.9 Å². The molecule has 0 spiro atoms. The van der Waals surface area contributed by atoms with E-state index < -0.39 is 28.9 Å². The minimum Gasteiger partial charge on any atom is -0.497 e. The molecular formula is C19H24O5. The standard InChI is InChI=1S/C19H24O5/c1-18(2,3)24-17(21)19(22)15-7-5-6-12(15)14-10-11(23-4)8-9-13(14)16(19)20/h8-10,12,15,22H,5-7H2,1-4H3/t12-,15-,19+/m1/s1. The molecule has 0 heterocycles. The van der Waals surface area contributed by atoms with Crippen LogP contribution in [-0.2, 0) is 9.53 Å². The first-order valence-electron chi connectivity index (χ1n) is 8.37. The Hall–Kier alpha value is -1.88. The number of aliphatic hydroxyl groups is 1. The Morgan fingerprint density at radius 3 is 2.62 bits per heavy atom. The van der Waals surface area contributed by atoms with Crippen LogP contribution in [0, 0.1) is 5.92 Å². The van der Waals surface area contributed by atoms with Crippen LogP contribution in [0.3, 0.4) is 0 Å². The number of benzene rings is 1. The summed E-state index contributed by atoms with van der Waals surface area (Å²) >= 11 is 0. The summed E-state index contributed by atoms with van der Waals surface area (Å²) in [6.45, 7) is 5.19. The average Bonchev–Trinajstić information content (AvgIpc) is 3.00. The van der Waals surface area contributed by atoms with Crippen LogP contribution in [0.5, 0.6) is 5.75 Å². The molecule has 1 aromatic rings. The number of ether oxygens (including phenoxy) is 2. The molecule has 1 saturated carbocycles. The third-order valence-corrected chi connectivity index (χ3v) is 5.01. The van der Waals surface area contributed by atoms with E-state index >= 15 is 0 Å². The van der Waals surface area contributed by atoms with Gasteiger partial charge >= 0.3 is 5.97 Å². The number of methoxy groups -OCH3 is 1. The summed E-state index contributed by atoms with van der Waals surface area (Å²) in [6, 6.07) is 5.17. The highest BCUT2D eigenvalue weighted by Crippen LogP contribution is 2.52. The molecule has 1 N–H and O–H groups in total. The second-order valence-corrected chi connectivity index (χ2v) is 7.69. The van der Waals surface area contributed by atoms with Crippen LogP contribution in [0.4, 0.5) is 0 Å². The Balaban J connectivity index is 2.09.